The second kappa shape index (κ2) is 4.72. The van der Waals surface area contributed by atoms with Gasteiger partial charge in [0.15, 0.2) is 0 Å². The lowest BCUT2D eigenvalue weighted by Crippen LogP contribution is -2.27. The molecule has 0 fully saturated rings. The van der Waals surface area contributed by atoms with Gasteiger partial charge in [-0.2, -0.15) is 0 Å². The minimum Gasteiger partial charge on any atom is -0.423 e. The lowest BCUT2D eigenvalue weighted by atomic mass is 9.79. The Kier molecular flexibility index (Phi) is 3.05. The van der Waals surface area contributed by atoms with Gasteiger partial charge in [-0.25, -0.2) is 0 Å². The van der Waals surface area contributed by atoms with Gasteiger partial charge in [0, 0.05) is 19.8 Å². The molecule has 19 heavy (non-hydrogen) atoms. The van der Waals surface area contributed by atoms with Crippen molar-refractivity contribution < 1.29 is 9.68 Å². The largest absolute Gasteiger partial charge is 0.492 e. The van der Waals surface area contributed by atoms with Crippen molar-refractivity contribution in [1.82, 2.24) is 0 Å². The van der Waals surface area contributed by atoms with E-state index in [2.05, 4.69) is 29.2 Å². The standard InChI is InChI=1S/C15H16BNO2/c1-17(2)12-9-7-11(8-10-12)15-13-5-3-4-6-14(13)16(18)19-15/h3-10,15,18H,1-2H3. The zero-order valence-corrected chi connectivity index (χ0v) is 11.1. The summed E-state index contributed by atoms with van der Waals surface area (Å²) in [5.41, 5.74) is 4.13. The molecule has 1 aliphatic rings. The zero-order valence-electron chi connectivity index (χ0n) is 11.1. The predicted octanol–water partition coefficient (Wildman–Crippen LogP) is 1.56. The van der Waals surface area contributed by atoms with Gasteiger partial charge in [0.1, 0.15) is 0 Å². The van der Waals surface area contributed by atoms with Crippen LogP contribution in [0.25, 0.3) is 0 Å². The van der Waals surface area contributed by atoms with E-state index in [4.69, 9.17) is 4.65 Å². The Morgan fingerprint density at radius 3 is 2.42 bits per heavy atom. The second-order valence-corrected chi connectivity index (χ2v) is 4.98. The van der Waals surface area contributed by atoms with E-state index in [-0.39, 0.29) is 6.10 Å². The lowest BCUT2D eigenvalue weighted by Gasteiger charge is -2.16. The van der Waals surface area contributed by atoms with E-state index < -0.39 is 7.12 Å². The first kappa shape index (κ1) is 12.3. The van der Waals surface area contributed by atoms with Gasteiger partial charge in [-0.3, -0.25) is 0 Å². The molecule has 0 bridgehead atoms. The van der Waals surface area contributed by atoms with Crippen LogP contribution in [0.15, 0.2) is 48.5 Å². The van der Waals surface area contributed by atoms with Crippen LogP contribution >= 0.6 is 0 Å². The molecular weight excluding hydrogens is 237 g/mol. The van der Waals surface area contributed by atoms with Crippen LogP contribution in [0.2, 0.25) is 0 Å². The molecule has 3 rings (SSSR count). The SMILES string of the molecule is CN(C)c1ccc(C2OB(O)c3ccccc32)cc1. The fraction of sp³-hybridized carbons (Fsp3) is 0.200. The molecule has 1 heterocycles. The summed E-state index contributed by atoms with van der Waals surface area (Å²) in [7, 11) is 3.20. The third-order valence-corrected chi connectivity index (χ3v) is 3.52. The minimum absolute atomic E-state index is 0.178. The van der Waals surface area contributed by atoms with Crippen molar-refractivity contribution in [2.45, 2.75) is 6.10 Å². The first-order valence-electron chi connectivity index (χ1n) is 6.36. The summed E-state index contributed by atoms with van der Waals surface area (Å²) in [6.45, 7) is 0. The molecule has 0 saturated carbocycles. The lowest BCUT2D eigenvalue weighted by molar-refractivity contribution is 0.226. The molecule has 1 aliphatic heterocycles. The maximum Gasteiger partial charge on any atom is 0.492 e. The predicted molar refractivity (Wildman–Crippen MR) is 77.7 cm³/mol. The number of anilines is 1. The van der Waals surface area contributed by atoms with Crippen molar-refractivity contribution >= 4 is 18.3 Å². The topological polar surface area (TPSA) is 32.7 Å². The number of benzene rings is 2. The van der Waals surface area contributed by atoms with Crippen molar-refractivity contribution in [2.75, 3.05) is 19.0 Å². The summed E-state index contributed by atoms with van der Waals surface area (Å²) in [5.74, 6) is 0. The van der Waals surface area contributed by atoms with Crippen LogP contribution in [-0.4, -0.2) is 26.2 Å². The van der Waals surface area contributed by atoms with Gasteiger partial charge < -0.3 is 14.6 Å². The molecule has 3 nitrogen and oxygen atoms in total. The van der Waals surface area contributed by atoms with Crippen LogP contribution in [-0.2, 0) is 4.65 Å². The van der Waals surface area contributed by atoms with Crippen molar-refractivity contribution in [3.05, 3.63) is 59.7 Å². The summed E-state index contributed by atoms with van der Waals surface area (Å²) < 4.78 is 5.66. The Bertz CT molecular complexity index is 583. The Labute approximate surface area is 113 Å². The third-order valence-electron chi connectivity index (χ3n) is 3.52. The molecule has 0 radical (unpaired) electrons. The Morgan fingerprint density at radius 1 is 1.05 bits per heavy atom. The summed E-state index contributed by atoms with van der Waals surface area (Å²) in [4.78, 5) is 2.06. The van der Waals surface area contributed by atoms with Crippen LogP contribution in [0.5, 0.6) is 0 Å². The smallest absolute Gasteiger partial charge is 0.423 e. The van der Waals surface area contributed by atoms with Crippen molar-refractivity contribution in [3.63, 3.8) is 0 Å². The minimum atomic E-state index is -0.824. The second-order valence-electron chi connectivity index (χ2n) is 4.98. The van der Waals surface area contributed by atoms with Gasteiger partial charge in [0.25, 0.3) is 0 Å². The number of fused-ring (bicyclic) bond motifs is 1. The zero-order chi connectivity index (χ0) is 13.4. The normalized spacial score (nSPS) is 17.4. The van der Waals surface area contributed by atoms with E-state index in [0.717, 1.165) is 22.3 Å². The molecule has 0 aliphatic carbocycles. The van der Waals surface area contributed by atoms with Gasteiger partial charge in [0.2, 0.25) is 0 Å². The molecule has 96 valence electrons. The Balaban J connectivity index is 1.96. The van der Waals surface area contributed by atoms with Gasteiger partial charge >= 0.3 is 7.12 Å². The molecule has 2 aromatic rings. The van der Waals surface area contributed by atoms with Gasteiger partial charge in [-0.05, 0) is 28.7 Å². The first-order chi connectivity index (χ1) is 9.16. The van der Waals surface area contributed by atoms with E-state index in [9.17, 15) is 5.02 Å². The summed E-state index contributed by atoms with van der Waals surface area (Å²) >= 11 is 0. The highest BCUT2D eigenvalue weighted by molar-refractivity contribution is 6.61. The number of nitrogens with zero attached hydrogens (tertiary/aromatic N) is 1. The van der Waals surface area contributed by atoms with E-state index >= 15 is 0 Å². The quantitative estimate of drug-likeness (QED) is 0.824. The van der Waals surface area contributed by atoms with Crippen LogP contribution in [0.4, 0.5) is 5.69 Å². The highest BCUT2D eigenvalue weighted by Crippen LogP contribution is 2.31. The van der Waals surface area contributed by atoms with Gasteiger partial charge in [-0.1, -0.05) is 36.4 Å². The molecule has 2 aromatic carbocycles. The summed E-state index contributed by atoms with van der Waals surface area (Å²) in [5, 5.41) is 9.93. The molecule has 0 amide bonds. The van der Waals surface area contributed by atoms with E-state index in [1.54, 1.807) is 0 Å². The Morgan fingerprint density at radius 2 is 1.74 bits per heavy atom. The molecule has 0 saturated heterocycles. The molecule has 4 heteroatoms. The number of hydrogen-bond donors (Lipinski definition) is 1. The maximum absolute atomic E-state index is 9.93. The van der Waals surface area contributed by atoms with Crippen LogP contribution in [0.3, 0.4) is 0 Å². The van der Waals surface area contributed by atoms with E-state index in [0.29, 0.717) is 0 Å². The van der Waals surface area contributed by atoms with Gasteiger partial charge in [0.05, 0.1) is 6.10 Å². The molecular formula is C15H16BNO2. The summed E-state index contributed by atoms with van der Waals surface area (Å²) in [6, 6.07) is 16.0. The Hall–Kier alpha value is -1.78. The number of rotatable bonds is 2. The average molecular weight is 253 g/mol. The number of hydrogen-bond acceptors (Lipinski definition) is 3. The van der Waals surface area contributed by atoms with E-state index in [1.807, 2.05) is 38.4 Å². The van der Waals surface area contributed by atoms with Crippen molar-refractivity contribution in [1.29, 1.82) is 0 Å². The highest BCUT2D eigenvalue weighted by Gasteiger charge is 2.35. The van der Waals surface area contributed by atoms with Crippen LogP contribution < -0.4 is 10.4 Å². The fourth-order valence-corrected chi connectivity index (χ4v) is 2.46. The fourth-order valence-electron chi connectivity index (χ4n) is 2.46. The maximum atomic E-state index is 9.93. The van der Waals surface area contributed by atoms with Crippen LogP contribution in [0.1, 0.15) is 17.2 Å². The molecule has 1 unspecified atom stereocenters. The monoisotopic (exact) mass is 253 g/mol. The van der Waals surface area contributed by atoms with Crippen molar-refractivity contribution in [2.24, 2.45) is 0 Å². The average Bonchev–Trinajstić information content (AvgIpc) is 2.77. The summed E-state index contributed by atoms with van der Waals surface area (Å²) in [6.07, 6.45) is -0.178. The van der Waals surface area contributed by atoms with Crippen molar-refractivity contribution in [3.8, 4) is 0 Å². The van der Waals surface area contributed by atoms with Crippen LogP contribution in [0, 0.1) is 0 Å². The van der Waals surface area contributed by atoms with Gasteiger partial charge in [-0.15, -0.1) is 0 Å². The van der Waals surface area contributed by atoms with E-state index in [1.165, 1.54) is 0 Å². The third kappa shape index (κ3) is 2.13. The first-order valence-corrected chi connectivity index (χ1v) is 6.36. The molecule has 1 N–H and O–H groups in total. The molecule has 1 atom stereocenters. The highest BCUT2D eigenvalue weighted by atomic mass is 16.5. The molecule has 0 spiro atoms. The molecule has 0 aromatic heterocycles.